The minimum absolute atomic E-state index is 0.0629. The lowest BCUT2D eigenvalue weighted by Crippen LogP contribution is -2.00. The summed E-state index contributed by atoms with van der Waals surface area (Å²) in [4.78, 5) is 11.2. The van der Waals surface area contributed by atoms with Gasteiger partial charge in [-0.05, 0) is 36.1 Å². The summed E-state index contributed by atoms with van der Waals surface area (Å²) in [5.41, 5.74) is 2.67. The summed E-state index contributed by atoms with van der Waals surface area (Å²) < 4.78 is 10.5. The van der Waals surface area contributed by atoms with Crippen LogP contribution in [0, 0.1) is 6.92 Å². The van der Waals surface area contributed by atoms with E-state index >= 15 is 0 Å². The number of rotatable bonds is 4. The van der Waals surface area contributed by atoms with Gasteiger partial charge in [0, 0.05) is 5.56 Å². The Bertz CT molecular complexity index is 643. The van der Waals surface area contributed by atoms with Gasteiger partial charge < -0.3 is 14.4 Å². The highest BCUT2D eigenvalue weighted by Crippen LogP contribution is 2.35. The van der Waals surface area contributed by atoms with Gasteiger partial charge in [0.25, 0.3) is 0 Å². The molecule has 0 atom stereocenters. The Labute approximate surface area is 117 Å². The number of carboxylic acid groups (broad SMARTS) is 1. The molecule has 2 rings (SSSR count). The third kappa shape index (κ3) is 2.39. The van der Waals surface area contributed by atoms with Crippen molar-refractivity contribution in [2.75, 3.05) is 7.11 Å². The van der Waals surface area contributed by atoms with Crippen molar-refractivity contribution in [2.24, 2.45) is 0 Å². The second-order valence-corrected chi connectivity index (χ2v) is 4.94. The molecule has 1 heterocycles. The number of hydrogen-bond donors (Lipinski definition) is 1. The number of carboxylic acids is 1. The van der Waals surface area contributed by atoms with Gasteiger partial charge in [0.2, 0.25) is 0 Å². The molecule has 2 aromatic rings. The molecule has 5 heteroatoms. The van der Waals surface area contributed by atoms with Crippen LogP contribution in [0.1, 0.15) is 41.3 Å². The first-order valence-electron chi connectivity index (χ1n) is 6.32. The summed E-state index contributed by atoms with van der Waals surface area (Å²) in [6, 6.07) is 3.80. The summed E-state index contributed by atoms with van der Waals surface area (Å²) in [6.07, 6.45) is 1.22. The predicted molar refractivity (Wildman–Crippen MR) is 74.3 cm³/mol. The summed E-state index contributed by atoms with van der Waals surface area (Å²) >= 11 is 0. The van der Waals surface area contributed by atoms with Gasteiger partial charge in [-0.2, -0.15) is 0 Å². The number of carbonyl (C=O) groups is 1. The lowest BCUT2D eigenvalue weighted by molar-refractivity contribution is 0.0697. The molecular weight excluding hydrogens is 258 g/mol. The fourth-order valence-electron chi connectivity index (χ4n) is 2.16. The third-order valence-electron chi connectivity index (χ3n) is 3.24. The van der Waals surface area contributed by atoms with Crippen molar-refractivity contribution in [3.63, 3.8) is 0 Å². The monoisotopic (exact) mass is 275 g/mol. The van der Waals surface area contributed by atoms with E-state index in [1.807, 2.05) is 19.1 Å². The Morgan fingerprint density at radius 3 is 2.65 bits per heavy atom. The molecule has 0 radical (unpaired) electrons. The molecule has 0 aliphatic heterocycles. The largest absolute Gasteiger partial charge is 0.496 e. The summed E-state index contributed by atoms with van der Waals surface area (Å²) in [5.74, 6) is 0.264. The van der Waals surface area contributed by atoms with E-state index in [0.29, 0.717) is 0 Å². The first kappa shape index (κ1) is 14.1. The van der Waals surface area contributed by atoms with Crippen molar-refractivity contribution in [1.82, 2.24) is 5.16 Å². The number of nitrogens with zero attached hydrogens (tertiary/aromatic N) is 1. The number of hydrogen-bond acceptors (Lipinski definition) is 4. The second-order valence-electron chi connectivity index (χ2n) is 4.94. The minimum atomic E-state index is -1.05. The second kappa shape index (κ2) is 5.36. The molecule has 0 fully saturated rings. The molecule has 0 amide bonds. The smallest absolute Gasteiger partial charge is 0.341 e. The first-order chi connectivity index (χ1) is 9.45. The van der Waals surface area contributed by atoms with E-state index < -0.39 is 5.97 Å². The maximum Gasteiger partial charge on any atom is 0.341 e. The molecule has 0 bridgehead atoms. The zero-order valence-electron chi connectivity index (χ0n) is 11.9. The van der Waals surface area contributed by atoms with Gasteiger partial charge in [-0.15, -0.1) is 0 Å². The van der Waals surface area contributed by atoms with Crippen molar-refractivity contribution in [3.8, 4) is 17.1 Å². The van der Waals surface area contributed by atoms with Crippen LogP contribution in [0.3, 0.4) is 0 Å². The van der Waals surface area contributed by atoms with Gasteiger partial charge in [0.1, 0.15) is 11.3 Å². The molecule has 0 saturated carbocycles. The Balaban J connectivity index is 2.65. The van der Waals surface area contributed by atoms with Crippen molar-refractivity contribution >= 4 is 5.97 Å². The fraction of sp³-hybridized carbons (Fsp3) is 0.333. The van der Waals surface area contributed by atoms with Crippen LogP contribution in [0.25, 0.3) is 11.3 Å². The lowest BCUT2D eigenvalue weighted by Gasteiger charge is -2.15. The predicted octanol–water partition coefficient (Wildman–Crippen LogP) is 3.48. The van der Waals surface area contributed by atoms with E-state index in [0.717, 1.165) is 22.4 Å². The van der Waals surface area contributed by atoms with E-state index in [9.17, 15) is 4.79 Å². The number of ether oxygens (including phenoxy) is 1. The van der Waals surface area contributed by atoms with Crippen molar-refractivity contribution in [2.45, 2.75) is 26.7 Å². The van der Waals surface area contributed by atoms with E-state index in [2.05, 4.69) is 19.0 Å². The standard InChI is InChI=1S/C15H17NO4/c1-8(2)10-6-11(9(3)5-13(10)19-4)14-12(15(17)18)7-16-20-14/h5-8H,1-4H3,(H,17,18). The van der Waals surface area contributed by atoms with Crippen molar-refractivity contribution < 1.29 is 19.2 Å². The van der Waals surface area contributed by atoms with E-state index in [4.69, 9.17) is 14.4 Å². The SMILES string of the molecule is COc1cc(C)c(-c2oncc2C(=O)O)cc1C(C)C. The van der Waals surface area contributed by atoms with Crippen molar-refractivity contribution in [1.29, 1.82) is 0 Å². The first-order valence-corrected chi connectivity index (χ1v) is 6.32. The van der Waals surface area contributed by atoms with Gasteiger partial charge >= 0.3 is 5.97 Å². The molecule has 0 unspecified atom stereocenters. The van der Waals surface area contributed by atoms with Gasteiger partial charge in [-0.3, -0.25) is 0 Å². The Hall–Kier alpha value is -2.30. The van der Waals surface area contributed by atoms with Crippen LogP contribution in [0.15, 0.2) is 22.9 Å². The molecule has 106 valence electrons. The van der Waals surface area contributed by atoms with E-state index in [-0.39, 0.29) is 17.2 Å². The molecular formula is C15H17NO4. The molecule has 1 aromatic heterocycles. The normalized spacial score (nSPS) is 10.8. The number of aromatic carboxylic acids is 1. The van der Waals surface area contributed by atoms with Crippen LogP contribution >= 0.6 is 0 Å². The van der Waals surface area contributed by atoms with Gasteiger partial charge in [-0.25, -0.2) is 4.79 Å². The maximum absolute atomic E-state index is 11.2. The van der Waals surface area contributed by atoms with Crippen LogP contribution in [-0.2, 0) is 0 Å². The Morgan fingerprint density at radius 2 is 2.10 bits per heavy atom. The van der Waals surface area contributed by atoms with E-state index in [1.165, 1.54) is 6.20 Å². The zero-order valence-corrected chi connectivity index (χ0v) is 11.9. The Morgan fingerprint density at radius 1 is 1.40 bits per heavy atom. The fourth-order valence-corrected chi connectivity index (χ4v) is 2.16. The van der Waals surface area contributed by atoms with E-state index in [1.54, 1.807) is 7.11 Å². The van der Waals surface area contributed by atoms with Gasteiger partial charge in [-0.1, -0.05) is 19.0 Å². The Kier molecular flexibility index (Phi) is 3.79. The molecule has 0 saturated heterocycles. The molecule has 0 spiro atoms. The number of benzene rings is 1. The van der Waals surface area contributed by atoms with Crippen molar-refractivity contribution in [3.05, 3.63) is 35.0 Å². The molecule has 1 aromatic carbocycles. The van der Waals surface area contributed by atoms with Gasteiger partial charge in [0.05, 0.1) is 13.3 Å². The molecule has 5 nitrogen and oxygen atoms in total. The van der Waals surface area contributed by atoms with Crippen LogP contribution < -0.4 is 4.74 Å². The number of aromatic nitrogens is 1. The topological polar surface area (TPSA) is 72.6 Å². The summed E-state index contributed by atoms with van der Waals surface area (Å²) in [5, 5.41) is 12.8. The molecule has 0 aliphatic rings. The average molecular weight is 275 g/mol. The number of methoxy groups -OCH3 is 1. The molecule has 20 heavy (non-hydrogen) atoms. The summed E-state index contributed by atoms with van der Waals surface area (Å²) in [7, 11) is 1.62. The van der Waals surface area contributed by atoms with Gasteiger partial charge in [0.15, 0.2) is 5.76 Å². The van der Waals surface area contributed by atoms with Crippen LogP contribution in [0.4, 0.5) is 0 Å². The highest BCUT2D eigenvalue weighted by Gasteiger charge is 2.21. The molecule has 0 aliphatic carbocycles. The highest BCUT2D eigenvalue weighted by atomic mass is 16.5. The maximum atomic E-state index is 11.2. The quantitative estimate of drug-likeness (QED) is 0.924. The number of aryl methyl sites for hydroxylation is 1. The lowest BCUT2D eigenvalue weighted by atomic mass is 9.94. The third-order valence-corrected chi connectivity index (χ3v) is 3.24. The van der Waals surface area contributed by atoms with Crippen LogP contribution in [-0.4, -0.2) is 23.3 Å². The average Bonchev–Trinajstić information content (AvgIpc) is 2.87. The molecule has 1 N–H and O–H groups in total. The zero-order chi connectivity index (χ0) is 14.9. The summed E-state index contributed by atoms with van der Waals surface area (Å²) in [6.45, 7) is 5.99. The highest BCUT2D eigenvalue weighted by molar-refractivity contribution is 5.94. The van der Waals surface area contributed by atoms with Crippen LogP contribution in [0.2, 0.25) is 0 Å². The van der Waals surface area contributed by atoms with Crippen LogP contribution in [0.5, 0.6) is 5.75 Å². The minimum Gasteiger partial charge on any atom is -0.496 e.